The fourth-order valence-electron chi connectivity index (χ4n) is 3.18. The van der Waals surface area contributed by atoms with Gasteiger partial charge in [0.05, 0.1) is 6.61 Å². The van der Waals surface area contributed by atoms with Crippen LogP contribution >= 0.6 is 0 Å². The summed E-state index contributed by atoms with van der Waals surface area (Å²) in [7, 11) is 0. The summed E-state index contributed by atoms with van der Waals surface area (Å²) in [6.07, 6.45) is 0. The molecule has 4 heteroatoms. The molecule has 4 rings (SSSR count). The van der Waals surface area contributed by atoms with E-state index in [1.807, 2.05) is 72.8 Å². The van der Waals surface area contributed by atoms with Crippen molar-refractivity contribution in [3.8, 4) is 33.8 Å². The van der Waals surface area contributed by atoms with Crippen molar-refractivity contribution in [2.24, 2.45) is 0 Å². The molecule has 4 aromatic rings. The molecule has 1 N–H and O–H groups in total. The third-order valence-corrected chi connectivity index (χ3v) is 5.03. The van der Waals surface area contributed by atoms with Crippen LogP contribution in [0.25, 0.3) is 22.3 Å². The molecular formula is C26H20F2O2. The second-order valence-electron chi connectivity index (χ2n) is 7.07. The Morgan fingerprint density at radius 3 is 1.50 bits per heavy atom. The van der Waals surface area contributed by atoms with Crippen LogP contribution in [0.4, 0.5) is 8.78 Å². The second-order valence-corrected chi connectivity index (χ2v) is 7.07. The maximum atomic E-state index is 13.8. The van der Waals surface area contributed by atoms with Gasteiger partial charge in [-0.1, -0.05) is 48.5 Å². The van der Waals surface area contributed by atoms with E-state index in [0.29, 0.717) is 17.1 Å². The quantitative estimate of drug-likeness (QED) is 0.394. The standard InChI is InChI=1S/C26H20F2O2/c1-17-25(27)14-22(15-26(17)28)21-6-4-19(5-7-21)20-8-12-24(13-9-20)30-23-10-2-18(16-29)3-11-23/h2-15,29H,16H2,1H3. The van der Waals surface area contributed by atoms with E-state index < -0.39 is 11.6 Å². The number of aliphatic hydroxyl groups is 1. The Balaban J connectivity index is 1.50. The summed E-state index contributed by atoms with van der Waals surface area (Å²) in [5, 5.41) is 9.10. The molecule has 0 aliphatic carbocycles. The zero-order valence-electron chi connectivity index (χ0n) is 16.4. The Hall–Kier alpha value is -3.50. The molecule has 0 saturated heterocycles. The Labute approximate surface area is 174 Å². The third kappa shape index (κ3) is 4.24. The summed E-state index contributed by atoms with van der Waals surface area (Å²) >= 11 is 0. The normalized spacial score (nSPS) is 10.8. The van der Waals surface area contributed by atoms with E-state index in [2.05, 4.69) is 0 Å². The van der Waals surface area contributed by atoms with Crippen LogP contribution in [0.1, 0.15) is 11.1 Å². The molecule has 4 aromatic carbocycles. The number of hydrogen-bond donors (Lipinski definition) is 1. The summed E-state index contributed by atoms with van der Waals surface area (Å²) < 4.78 is 33.5. The van der Waals surface area contributed by atoms with Crippen LogP contribution < -0.4 is 4.74 Å². The van der Waals surface area contributed by atoms with E-state index in [4.69, 9.17) is 9.84 Å². The van der Waals surface area contributed by atoms with Crippen molar-refractivity contribution in [1.82, 2.24) is 0 Å². The van der Waals surface area contributed by atoms with Gasteiger partial charge in [-0.25, -0.2) is 8.78 Å². The monoisotopic (exact) mass is 402 g/mol. The minimum Gasteiger partial charge on any atom is -0.457 e. The molecule has 0 saturated carbocycles. The van der Waals surface area contributed by atoms with Crippen molar-refractivity contribution in [1.29, 1.82) is 0 Å². The highest BCUT2D eigenvalue weighted by atomic mass is 19.1. The van der Waals surface area contributed by atoms with Crippen molar-refractivity contribution >= 4 is 0 Å². The maximum Gasteiger partial charge on any atom is 0.129 e. The molecule has 150 valence electrons. The van der Waals surface area contributed by atoms with Crippen molar-refractivity contribution in [3.05, 3.63) is 108 Å². The van der Waals surface area contributed by atoms with Crippen LogP contribution in [0.2, 0.25) is 0 Å². The lowest BCUT2D eigenvalue weighted by atomic mass is 9.99. The molecule has 0 heterocycles. The highest BCUT2D eigenvalue weighted by molar-refractivity contribution is 5.71. The number of rotatable bonds is 5. The van der Waals surface area contributed by atoms with Crippen LogP contribution in [0.3, 0.4) is 0 Å². The van der Waals surface area contributed by atoms with Crippen molar-refractivity contribution in [2.45, 2.75) is 13.5 Å². The molecule has 0 unspecified atom stereocenters. The summed E-state index contributed by atoms with van der Waals surface area (Å²) in [5.41, 5.74) is 4.12. The molecule has 2 nitrogen and oxygen atoms in total. The van der Waals surface area contributed by atoms with E-state index in [0.717, 1.165) is 22.3 Å². The fourth-order valence-corrected chi connectivity index (χ4v) is 3.18. The van der Waals surface area contributed by atoms with Gasteiger partial charge in [-0.2, -0.15) is 0 Å². The summed E-state index contributed by atoms with van der Waals surface area (Å²) in [4.78, 5) is 0. The Morgan fingerprint density at radius 1 is 0.633 bits per heavy atom. The van der Waals surface area contributed by atoms with Crippen LogP contribution in [0.15, 0.2) is 84.9 Å². The molecule has 0 aromatic heterocycles. The smallest absolute Gasteiger partial charge is 0.129 e. The molecular weight excluding hydrogens is 382 g/mol. The lowest BCUT2D eigenvalue weighted by Crippen LogP contribution is -1.90. The number of benzene rings is 4. The zero-order chi connectivity index (χ0) is 21.1. The van der Waals surface area contributed by atoms with Crippen LogP contribution in [-0.2, 0) is 6.61 Å². The number of ether oxygens (including phenoxy) is 1. The summed E-state index contributed by atoms with van der Waals surface area (Å²) in [6, 6.07) is 25.2. The van der Waals surface area contributed by atoms with E-state index in [1.165, 1.54) is 19.1 Å². The average molecular weight is 402 g/mol. The van der Waals surface area contributed by atoms with Crippen LogP contribution in [-0.4, -0.2) is 5.11 Å². The number of halogens is 2. The molecule has 30 heavy (non-hydrogen) atoms. The lowest BCUT2D eigenvalue weighted by molar-refractivity contribution is 0.281. The van der Waals surface area contributed by atoms with Gasteiger partial charge in [0.15, 0.2) is 0 Å². The topological polar surface area (TPSA) is 29.5 Å². The molecule has 0 aliphatic rings. The van der Waals surface area contributed by atoms with Gasteiger partial charge in [0.25, 0.3) is 0 Å². The predicted octanol–water partition coefficient (Wildman–Crippen LogP) is 6.89. The minimum absolute atomic E-state index is 0.00155. The van der Waals surface area contributed by atoms with Gasteiger partial charge in [-0.05, 0) is 71.1 Å². The fraction of sp³-hybridized carbons (Fsp3) is 0.0769. The first-order chi connectivity index (χ1) is 14.5. The summed E-state index contributed by atoms with van der Waals surface area (Å²) in [5.74, 6) is 0.311. The van der Waals surface area contributed by atoms with Gasteiger partial charge in [-0.15, -0.1) is 0 Å². The highest BCUT2D eigenvalue weighted by Gasteiger charge is 2.09. The lowest BCUT2D eigenvalue weighted by Gasteiger charge is -2.09. The van der Waals surface area contributed by atoms with E-state index >= 15 is 0 Å². The zero-order valence-corrected chi connectivity index (χ0v) is 16.4. The molecule has 0 bridgehead atoms. The Bertz CT molecular complexity index is 1130. The summed E-state index contributed by atoms with van der Waals surface area (Å²) in [6.45, 7) is 1.43. The average Bonchev–Trinajstić information content (AvgIpc) is 2.78. The predicted molar refractivity (Wildman–Crippen MR) is 114 cm³/mol. The van der Waals surface area contributed by atoms with Crippen molar-refractivity contribution in [3.63, 3.8) is 0 Å². The van der Waals surface area contributed by atoms with E-state index in [-0.39, 0.29) is 12.2 Å². The molecule has 0 aliphatic heterocycles. The van der Waals surface area contributed by atoms with Gasteiger partial charge in [0.2, 0.25) is 0 Å². The first-order valence-electron chi connectivity index (χ1n) is 9.57. The van der Waals surface area contributed by atoms with Gasteiger partial charge in [-0.3, -0.25) is 0 Å². The molecule has 0 spiro atoms. The van der Waals surface area contributed by atoms with Gasteiger partial charge in [0.1, 0.15) is 23.1 Å². The van der Waals surface area contributed by atoms with Gasteiger partial charge >= 0.3 is 0 Å². The molecule has 0 fully saturated rings. The Kier molecular flexibility index (Phi) is 5.59. The van der Waals surface area contributed by atoms with Crippen molar-refractivity contribution in [2.75, 3.05) is 0 Å². The Morgan fingerprint density at radius 2 is 1.03 bits per heavy atom. The van der Waals surface area contributed by atoms with Gasteiger partial charge < -0.3 is 9.84 Å². The van der Waals surface area contributed by atoms with Crippen molar-refractivity contribution < 1.29 is 18.6 Å². The first kappa shape index (κ1) is 19.8. The molecule has 0 atom stereocenters. The minimum atomic E-state index is -0.546. The van der Waals surface area contributed by atoms with E-state index in [9.17, 15) is 8.78 Å². The molecule has 0 amide bonds. The first-order valence-corrected chi connectivity index (χ1v) is 9.57. The SMILES string of the molecule is Cc1c(F)cc(-c2ccc(-c3ccc(Oc4ccc(CO)cc4)cc3)cc2)cc1F. The van der Waals surface area contributed by atoms with Gasteiger partial charge in [0, 0.05) is 5.56 Å². The highest BCUT2D eigenvalue weighted by Crippen LogP contribution is 2.29. The van der Waals surface area contributed by atoms with Crippen LogP contribution in [0.5, 0.6) is 11.5 Å². The number of aliphatic hydroxyl groups excluding tert-OH is 1. The van der Waals surface area contributed by atoms with Crippen LogP contribution in [0, 0.1) is 18.6 Å². The number of hydrogen-bond acceptors (Lipinski definition) is 2. The maximum absolute atomic E-state index is 13.8. The second kappa shape index (κ2) is 8.47. The largest absolute Gasteiger partial charge is 0.457 e. The molecule has 0 radical (unpaired) electrons. The van der Waals surface area contributed by atoms with E-state index in [1.54, 1.807) is 0 Å². The third-order valence-electron chi connectivity index (χ3n) is 5.03.